The van der Waals surface area contributed by atoms with Crippen LogP contribution in [0.15, 0.2) is 48.7 Å². The van der Waals surface area contributed by atoms with Crippen molar-refractivity contribution in [2.45, 2.75) is 13.0 Å². The molecule has 116 valence electrons. The maximum absolute atomic E-state index is 12.3. The number of hydrogen-bond acceptors (Lipinski definition) is 3. The molecule has 1 aliphatic heterocycles. The minimum atomic E-state index is -0.747. The van der Waals surface area contributed by atoms with Crippen molar-refractivity contribution in [2.24, 2.45) is 5.92 Å². The highest BCUT2D eigenvalue weighted by atomic mass is 35.5. The third-order valence-electron chi connectivity index (χ3n) is 3.32. The van der Waals surface area contributed by atoms with Crippen molar-refractivity contribution in [3.8, 4) is 0 Å². The van der Waals surface area contributed by atoms with E-state index in [-0.39, 0.29) is 6.61 Å². The first kappa shape index (κ1) is 16.1. The van der Waals surface area contributed by atoms with Gasteiger partial charge in [-0.05, 0) is 18.6 Å². The third-order valence-corrected chi connectivity index (χ3v) is 3.67. The van der Waals surface area contributed by atoms with Gasteiger partial charge in [0, 0.05) is 10.7 Å². The third kappa shape index (κ3) is 3.49. The lowest BCUT2D eigenvalue weighted by molar-refractivity contribution is -0.147. The number of carbonyl (C=O) groups is 2. The second-order valence-corrected chi connectivity index (χ2v) is 5.21. The molecule has 2 amide bonds. The number of esters is 1. The Morgan fingerprint density at radius 1 is 1.45 bits per heavy atom. The second kappa shape index (κ2) is 7.13. The Hall–Kier alpha value is -2.27. The van der Waals surface area contributed by atoms with Gasteiger partial charge in [0.05, 0.1) is 6.04 Å². The number of hydrogen-bond donors (Lipinski definition) is 2. The zero-order chi connectivity index (χ0) is 16.1. The topological polar surface area (TPSA) is 67.4 Å². The van der Waals surface area contributed by atoms with Crippen molar-refractivity contribution in [2.75, 3.05) is 6.61 Å². The number of nitrogens with one attached hydrogen (secondary N) is 2. The van der Waals surface area contributed by atoms with E-state index < -0.39 is 24.0 Å². The number of allylic oxidation sites excluding steroid dienone is 1. The smallest absolute Gasteiger partial charge is 0.319 e. The summed E-state index contributed by atoms with van der Waals surface area (Å²) in [4.78, 5) is 24.0. The number of carbonyl (C=O) groups excluding carboxylic acids is 2. The van der Waals surface area contributed by atoms with Gasteiger partial charge in [0.1, 0.15) is 12.5 Å². The number of rotatable bonds is 4. The molecule has 22 heavy (non-hydrogen) atoms. The van der Waals surface area contributed by atoms with Crippen LogP contribution in [0.5, 0.6) is 0 Å². The summed E-state index contributed by atoms with van der Waals surface area (Å²) in [5, 5.41) is 5.69. The summed E-state index contributed by atoms with van der Waals surface area (Å²) >= 11 is 6.19. The Morgan fingerprint density at radius 3 is 2.86 bits per heavy atom. The molecule has 1 aromatic rings. The molecule has 0 unspecified atom stereocenters. The molecule has 0 saturated carbocycles. The van der Waals surface area contributed by atoms with Crippen LogP contribution < -0.4 is 10.6 Å². The molecule has 2 N–H and O–H groups in total. The Bertz CT molecular complexity index is 628. The molecule has 1 saturated heterocycles. The predicted octanol–water partition coefficient (Wildman–Crippen LogP) is 2.94. The Morgan fingerprint density at radius 2 is 2.18 bits per heavy atom. The Kier molecular flexibility index (Phi) is 5.22. The Labute approximate surface area is 134 Å². The SMILES string of the molecule is C=C1NC(=O)N[C@H](c2ccccc2Cl)[C@H]1C(=O)OC/C=C/C. The fourth-order valence-electron chi connectivity index (χ4n) is 2.26. The van der Waals surface area contributed by atoms with E-state index in [9.17, 15) is 9.59 Å². The minimum Gasteiger partial charge on any atom is -0.461 e. The average molecular weight is 321 g/mol. The quantitative estimate of drug-likeness (QED) is 0.662. The van der Waals surface area contributed by atoms with Crippen molar-refractivity contribution >= 4 is 23.6 Å². The first-order valence-electron chi connectivity index (χ1n) is 6.83. The standard InChI is InChI=1S/C16H17ClN2O3/c1-3-4-9-22-15(20)13-10(2)18-16(21)19-14(13)11-7-5-6-8-12(11)17/h3-8,13-14H,2,9H2,1H3,(H2,18,19,21)/b4-3+/t13-,14+/m0/s1. The molecule has 2 rings (SSSR count). The lowest BCUT2D eigenvalue weighted by atomic mass is 9.89. The van der Waals surface area contributed by atoms with E-state index in [4.69, 9.17) is 16.3 Å². The number of amides is 2. The van der Waals surface area contributed by atoms with Crippen LogP contribution in [-0.2, 0) is 9.53 Å². The molecule has 1 aliphatic rings. The monoisotopic (exact) mass is 320 g/mol. The molecule has 0 bridgehead atoms. The van der Waals surface area contributed by atoms with Crippen LogP contribution in [0, 0.1) is 5.92 Å². The van der Waals surface area contributed by atoms with Crippen LogP contribution in [0.3, 0.4) is 0 Å². The zero-order valence-electron chi connectivity index (χ0n) is 12.1. The van der Waals surface area contributed by atoms with E-state index in [0.29, 0.717) is 16.3 Å². The molecule has 0 aromatic heterocycles. The normalized spacial score (nSPS) is 21.4. The number of benzene rings is 1. The van der Waals surface area contributed by atoms with Gasteiger partial charge in [0.2, 0.25) is 0 Å². The van der Waals surface area contributed by atoms with E-state index in [1.54, 1.807) is 36.4 Å². The summed E-state index contributed by atoms with van der Waals surface area (Å²) < 4.78 is 5.20. The lowest BCUT2D eigenvalue weighted by Crippen LogP contribution is -2.51. The maximum atomic E-state index is 12.3. The molecule has 0 radical (unpaired) electrons. The van der Waals surface area contributed by atoms with Gasteiger partial charge in [-0.25, -0.2) is 4.79 Å². The van der Waals surface area contributed by atoms with E-state index in [2.05, 4.69) is 17.2 Å². The summed E-state index contributed by atoms with van der Waals surface area (Å²) in [6.45, 7) is 5.77. The van der Waals surface area contributed by atoms with Gasteiger partial charge < -0.3 is 15.4 Å². The van der Waals surface area contributed by atoms with Crippen LogP contribution in [0.4, 0.5) is 4.79 Å². The fraction of sp³-hybridized carbons (Fsp3) is 0.250. The minimum absolute atomic E-state index is 0.169. The lowest BCUT2D eigenvalue weighted by Gasteiger charge is -2.33. The number of halogens is 1. The van der Waals surface area contributed by atoms with Crippen LogP contribution in [-0.4, -0.2) is 18.6 Å². The molecule has 1 aromatic carbocycles. The van der Waals surface area contributed by atoms with E-state index in [1.807, 2.05) is 6.92 Å². The van der Waals surface area contributed by atoms with E-state index >= 15 is 0 Å². The van der Waals surface area contributed by atoms with Crippen molar-refractivity contribution < 1.29 is 14.3 Å². The van der Waals surface area contributed by atoms with Crippen LogP contribution >= 0.6 is 11.6 Å². The average Bonchev–Trinajstić information content (AvgIpc) is 2.47. The van der Waals surface area contributed by atoms with Crippen molar-refractivity contribution in [1.82, 2.24) is 10.6 Å². The van der Waals surface area contributed by atoms with Crippen molar-refractivity contribution in [1.29, 1.82) is 0 Å². The summed E-state index contributed by atoms with van der Waals surface area (Å²) in [5.41, 5.74) is 0.937. The summed E-state index contributed by atoms with van der Waals surface area (Å²) in [7, 11) is 0. The summed E-state index contributed by atoms with van der Waals surface area (Å²) in [5.74, 6) is -1.22. The molecule has 1 heterocycles. The molecule has 0 aliphatic carbocycles. The van der Waals surface area contributed by atoms with Gasteiger partial charge in [-0.3, -0.25) is 4.79 Å². The van der Waals surface area contributed by atoms with Crippen molar-refractivity contribution in [3.05, 3.63) is 59.3 Å². The van der Waals surface area contributed by atoms with Gasteiger partial charge in [-0.15, -0.1) is 0 Å². The first-order valence-corrected chi connectivity index (χ1v) is 7.21. The molecular weight excluding hydrogens is 304 g/mol. The van der Waals surface area contributed by atoms with Gasteiger partial charge in [-0.2, -0.15) is 0 Å². The molecule has 2 atom stereocenters. The van der Waals surface area contributed by atoms with Gasteiger partial charge in [-0.1, -0.05) is 48.5 Å². The summed E-state index contributed by atoms with van der Waals surface area (Å²) in [6, 6.07) is 6.00. The van der Waals surface area contributed by atoms with E-state index in [0.717, 1.165) is 0 Å². The highest BCUT2D eigenvalue weighted by Crippen LogP contribution is 2.34. The number of urea groups is 1. The molecule has 6 heteroatoms. The van der Waals surface area contributed by atoms with Crippen LogP contribution in [0.25, 0.3) is 0 Å². The molecular formula is C16H17ClN2O3. The molecule has 1 fully saturated rings. The fourth-order valence-corrected chi connectivity index (χ4v) is 2.52. The van der Waals surface area contributed by atoms with Gasteiger partial charge in [0.15, 0.2) is 0 Å². The van der Waals surface area contributed by atoms with Gasteiger partial charge >= 0.3 is 12.0 Å². The van der Waals surface area contributed by atoms with Gasteiger partial charge in [0.25, 0.3) is 0 Å². The second-order valence-electron chi connectivity index (χ2n) is 4.80. The molecule has 0 spiro atoms. The number of ether oxygens (including phenoxy) is 1. The highest BCUT2D eigenvalue weighted by molar-refractivity contribution is 6.31. The first-order chi connectivity index (χ1) is 10.5. The Balaban J connectivity index is 2.30. The van der Waals surface area contributed by atoms with Crippen LogP contribution in [0.2, 0.25) is 5.02 Å². The predicted molar refractivity (Wildman–Crippen MR) is 84.3 cm³/mol. The van der Waals surface area contributed by atoms with E-state index in [1.165, 1.54) is 0 Å². The maximum Gasteiger partial charge on any atom is 0.319 e. The largest absolute Gasteiger partial charge is 0.461 e. The van der Waals surface area contributed by atoms with Crippen molar-refractivity contribution in [3.63, 3.8) is 0 Å². The highest BCUT2D eigenvalue weighted by Gasteiger charge is 2.39. The van der Waals surface area contributed by atoms with Crippen LogP contribution in [0.1, 0.15) is 18.5 Å². The zero-order valence-corrected chi connectivity index (χ0v) is 12.9. The molecule has 5 nitrogen and oxygen atoms in total. The summed E-state index contributed by atoms with van der Waals surface area (Å²) in [6.07, 6.45) is 3.51.